The van der Waals surface area contributed by atoms with E-state index in [0.717, 1.165) is 32.0 Å². The van der Waals surface area contributed by atoms with E-state index in [-0.39, 0.29) is 19.3 Å². The number of nitrogen functional groups attached to an aromatic ring is 1. The Hall–Kier alpha value is -2.33. The standard InChI is InChI=1S/C20H24F3N5O2.CH4/c1-10(2)28-16(18-13-6-27(7-14(13)18)12-8-29-9-12)4-15(26-28)11-3-17(19(24)25-5-11)30-20(21,22)23;/h3-5,10,12-14,18H,6-9H2,1-2H3,(H2,24,25);1H4. The van der Waals surface area contributed by atoms with Crippen molar-refractivity contribution < 1.29 is 22.6 Å². The number of piperidine rings is 1. The SMILES string of the molecule is C.CC(C)n1nc(-c2cnc(N)c(OC(F)(F)F)c2)cc1C1C2CN(C3COC3)CC21. The van der Waals surface area contributed by atoms with E-state index < -0.39 is 12.1 Å². The highest BCUT2D eigenvalue weighted by molar-refractivity contribution is 5.64. The average molecular weight is 439 g/mol. The number of alkyl halides is 3. The molecule has 2 aromatic heterocycles. The third-order valence-electron chi connectivity index (χ3n) is 6.36. The number of fused-ring (bicyclic) bond motifs is 1. The second kappa shape index (κ2) is 7.67. The van der Waals surface area contributed by atoms with E-state index in [1.54, 1.807) is 0 Å². The molecule has 7 nitrogen and oxygen atoms in total. The first-order chi connectivity index (χ1) is 14.2. The highest BCUT2D eigenvalue weighted by Gasteiger charge is 2.58. The number of likely N-dealkylation sites (tertiary alicyclic amines) is 1. The van der Waals surface area contributed by atoms with Crippen LogP contribution in [0.2, 0.25) is 0 Å². The van der Waals surface area contributed by atoms with Crippen LogP contribution in [0.5, 0.6) is 5.75 Å². The predicted octanol–water partition coefficient (Wildman–Crippen LogP) is 3.69. The van der Waals surface area contributed by atoms with Gasteiger partial charge in [-0.25, -0.2) is 4.98 Å². The topological polar surface area (TPSA) is 78.4 Å². The van der Waals surface area contributed by atoms with Crippen molar-refractivity contribution in [1.82, 2.24) is 19.7 Å². The van der Waals surface area contributed by atoms with Gasteiger partial charge in [0.15, 0.2) is 11.6 Å². The van der Waals surface area contributed by atoms with E-state index in [2.05, 4.69) is 33.6 Å². The van der Waals surface area contributed by atoms with E-state index in [4.69, 9.17) is 10.5 Å². The largest absolute Gasteiger partial charge is 0.573 e. The van der Waals surface area contributed by atoms with Crippen LogP contribution >= 0.6 is 0 Å². The number of rotatable bonds is 5. The quantitative estimate of drug-likeness (QED) is 0.766. The van der Waals surface area contributed by atoms with E-state index in [0.29, 0.717) is 35.1 Å². The third-order valence-corrected chi connectivity index (χ3v) is 6.36. The zero-order valence-electron chi connectivity index (χ0n) is 16.8. The van der Waals surface area contributed by atoms with Gasteiger partial charge >= 0.3 is 6.36 Å². The first kappa shape index (κ1) is 21.9. The summed E-state index contributed by atoms with van der Waals surface area (Å²) in [5.74, 6) is 0.805. The third kappa shape index (κ3) is 3.98. The lowest BCUT2D eigenvalue weighted by atomic mass is 10.1. The molecule has 3 aliphatic rings. The molecule has 31 heavy (non-hydrogen) atoms. The Bertz CT molecular complexity index is 945. The molecule has 10 heteroatoms. The monoisotopic (exact) mass is 439 g/mol. The van der Waals surface area contributed by atoms with Gasteiger partial charge in [-0.2, -0.15) is 5.10 Å². The molecule has 4 heterocycles. The first-order valence-electron chi connectivity index (χ1n) is 10.1. The molecule has 2 atom stereocenters. The molecule has 0 aromatic carbocycles. The van der Waals surface area contributed by atoms with Crippen LogP contribution in [0, 0.1) is 11.8 Å². The maximum absolute atomic E-state index is 12.7. The minimum atomic E-state index is -4.83. The Labute approximate surface area is 179 Å². The van der Waals surface area contributed by atoms with Gasteiger partial charge in [0.1, 0.15) is 0 Å². The van der Waals surface area contributed by atoms with Crippen LogP contribution in [0.4, 0.5) is 19.0 Å². The van der Waals surface area contributed by atoms with Crippen molar-refractivity contribution >= 4 is 5.82 Å². The highest BCUT2D eigenvalue weighted by atomic mass is 19.4. The molecule has 2 N–H and O–H groups in total. The Morgan fingerprint density at radius 3 is 2.42 bits per heavy atom. The summed E-state index contributed by atoms with van der Waals surface area (Å²) in [6.45, 7) is 7.88. The number of nitrogens with two attached hydrogens (primary N) is 1. The normalized spacial score (nSPS) is 25.8. The molecule has 2 saturated heterocycles. The molecule has 170 valence electrons. The first-order valence-corrected chi connectivity index (χ1v) is 10.1. The van der Waals surface area contributed by atoms with Crippen LogP contribution < -0.4 is 10.5 Å². The number of anilines is 1. The zero-order chi connectivity index (χ0) is 21.2. The second-order valence-electron chi connectivity index (χ2n) is 8.65. The molecular weight excluding hydrogens is 411 g/mol. The Kier molecular flexibility index (Phi) is 5.41. The van der Waals surface area contributed by atoms with Gasteiger partial charge in [-0.15, -0.1) is 13.2 Å². The number of halogens is 3. The molecular formula is C21H28F3N5O2. The molecule has 0 radical (unpaired) electrons. The van der Waals surface area contributed by atoms with Crippen LogP contribution in [0.3, 0.4) is 0 Å². The van der Waals surface area contributed by atoms with Gasteiger partial charge in [0.05, 0.1) is 24.9 Å². The fraction of sp³-hybridized carbons (Fsp3) is 0.619. The van der Waals surface area contributed by atoms with Gasteiger partial charge in [-0.1, -0.05) is 7.43 Å². The van der Waals surface area contributed by atoms with Gasteiger partial charge in [0.2, 0.25) is 0 Å². The Morgan fingerprint density at radius 1 is 1.19 bits per heavy atom. The molecule has 3 fully saturated rings. The maximum atomic E-state index is 12.7. The molecule has 0 spiro atoms. The van der Waals surface area contributed by atoms with Crippen LogP contribution in [0.25, 0.3) is 11.3 Å². The van der Waals surface area contributed by atoms with E-state index in [1.165, 1.54) is 12.3 Å². The van der Waals surface area contributed by atoms with Crippen LogP contribution in [-0.2, 0) is 4.74 Å². The molecule has 2 unspecified atom stereocenters. The van der Waals surface area contributed by atoms with Gasteiger partial charge in [0.25, 0.3) is 0 Å². The molecule has 0 bridgehead atoms. The number of ether oxygens (including phenoxy) is 2. The van der Waals surface area contributed by atoms with Gasteiger partial charge in [-0.3, -0.25) is 9.58 Å². The van der Waals surface area contributed by atoms with Crippen molar-refractivity contribution in [2.24, 2.45) is 11.8 Å². The van der Waals surface area contributed by atoms with Crippen molar-refractivity contribution in [1.29, 1.82) is 0 Å². The molecule has 1 saturated carbocycles. The minimum absolute atomic E-state index is 0. The number of aromatic nitrogens is 3. The number of hydrogen-bond donors (Lipinski definition) is 1. The molecule has 0 amide bonds. The fourth-order valence-electron chi connectivity index (χ4n) is 4.74. The fourth-order valence-corrected chi connectivity index (χ4v) is 4.74. The number of pyridine rings is 1. The van der Waals surface area contributed by atoms with E-state index in [9.17, 15) is 13.2 Å². The summed E-state index contributed by atoms with van der Waals surface area (Å²) in [5, 5.41) is 4.68. The van der Waals surface area contributed by atoms with Crippen molar-refractivity contribution in [3.63, 3.8) is 0 Å². The van der Waals surface area contributed by atoms with Crippen molar-refractivity contribution in [2.45, 2.75) is 45.6 Å². The second-order valence-corrected chi connectivity index (χ2v) is 8.65. The van der Waals surface area contributed by atoms with Crippen LogP contribution in [-0.4, -0.2) is 58.4 Å². The number of hydrogen-bond acceptors (Lipinski definition) is 6. The Morgan fingerprint density at radius 2 is 1.87 bits per heavy atom. The molecule has 2 aromatic rings. The molecule has 5 rings (SSSR count). The lowest BCUT2D eigenvalue weighted by Gasteiger charge is -2.35. The minimum Gasteiger partial charge on any atom is -0.402 e. The summed E-state index contributed by atoms with van der Waals surface area (Å²) in [4.78, 5) is 6.38. The highest BCUT2D eigenvalue weighted by Crippen LogP contribution is 2.59. The Balaban J connectivity index is 0.00000231. The summed E-state index contributed by atoms with van der Waals surface area (Å²) in [6.07, 6.45) is -3.40. The van der Waals surface area contributed by atoms with E-state index in [1.807, 2.05) is 10.7 Å². The van der Waals surface area contributed by atoms with Crippen LogP contribution in [0.1, 0.15) is 38.9 Å². The summed E-state index contributed by atoms with van der Waals surface area (Å²) in [5.41, 5.74) is 7.71. The lowest BCUT2D eigenvalue weighted by Crippen LogP contribution is -2.48. The molecule has 1 aliphatic carbocycles. The maximum Gasteiger partial charge on any atom is 0.573 e. The molecule has 2 aliphatic heterocycles. The smallest absolute Gasteiger partial charge is 0.402 e. The van der Waals surface area contributed by atoms with Crippen molar-refractivity contribution in [3.8, 4) is 17.0 Å². The van der Waals surface area contributed by atoms with E-state index >= 15 is 0 Å². The average Bonchev–Trinajstić information content (AvgIpc) is 2.97. The summed E-state index contributed by atoms with van der Waals surface area (Å²) < 4.78 is 49.3. The summed E-state index contributed by atoms with van der Waals surface area (Å²) in [7, 11) is 0. The predicted molar refractivity (Wildman–Crippen MR) is 110 cm³/mol. The van der Waals surface area contributed by atoms with Gasteiger partial charge < -0.3 is 15.2 Å². The van der Waals surface area contributed by atoms with Crippen molar-refractivity contribution in [2.75, 3.05) is 32.0 Å². The van der Waals surface area contributed by atoms with Gasteiger partial charge in [-0.05, 0) is 37.8 Å². The summed E-state index contributed by atoms with van der Waals surface area (Å²) >= 11 is 0. The summed E-state index contributed by atoms with van der Waals surface area (Å²) in [6, 6.07) is 3.92. The number of nitrogens with zero attached hydrogens (tertiary/aromatic N) is 4. The zero-order valence-corrected chi connectivity index (χ0v) is 16.8. The van der Waals surface area contributed by atoms with Crippen molar-refractivity contribution in [3.05, 3.63) is 24.0 Å². The van der Waals surface area contributed by atoms with Gasteiger partial charge in [0, 0.05) is 42.5 Å². The van der Waals surface area contributed by atoms with Crippen LogP contribution in [0.15, 0.2) is 18.3 Å². The lowest BCUT2D eigenvalue weighted by molar-refractivity contribution is -0.274.